The first kappa shape index (κ1) is 11.1. The van der Waals surface area contributed by atoms with E-state index in [1.165, 1.54) is 0 Å². The summed E-state index contributed by atoms with van der Waals surface area (Å²) in [4.78, 5) is 13.6. The third kappa shape index (κ3) is 2.09. The fourth-order valence-corrected chi connectivity index (χ4v) is 1.77. The van der Waals surface area contributed by atoms with Crippen LogP contribution in [0.15, 0.2) is 18.3 Å². The predicted octanol–water partition coefficient (Wildman–Crippen LogP) is 0.836. The minimum atomic E-state index is -0.470. The molecule has 1 fully saturated rings. The van der Waals surface area contributed by atoms with Gasteiger partial charge in [0, 0.05) is 26.3 Å². The molecular formula is C11H15FN2O2. The summed E-state index contributed by atoms with van der Waals surface area (Å²) >= 11 is 0. The number of hydrogen-bond acceptors (Lipinski definition) is 2. The van der Waals surface area contributed by atoms with Gasteiger partial charge in [-0.05, 0) is 12.1 Å². The van der Waals surface area contributed by atoms with E-state index in [9.17, 15) is 9.18 Å². The number of carbonyl (C=O) groups is 1. The molecule has 0 spiro atoms. The predicted molar refractivity (Wildman–Crippen MR) is 57.0 cm³/mol. The van der Waals surface area contributed by atoms with Crippen molar-refractivity contribution in [2.45, 2.75) is 6.10 Å². The second kappa shape index (κ2) is 4.65. The maximum Gasteiger partial charge on any atom is 0.270 e. The van der Waals surface area contributed by atoms with Crippen LogP contribution >= 0.6 is 0 Å². The third-order valence-corrected chi connectivity index (χ3v) is 2.73. The van der Waals surface area contributed by atoms with Gasteiger partial charge in [-0.2, -0.15) is 0 Å². The normalized spacial score (nSPS) is 16.2. The average Bonchev–Trinajstić information content (AvgIpc) is 2.62. The molecule has 2 rings (SSSR count). The minimum absolute atomic E-state index is 0.0000293. The van der Waals surface area contributed by atoms with Crippen LogP contribution in [0, 0.1) is 0 Å². The third-order valence-electron chi connectivity index (χ3n) is 2.73. The van der Waals surface area contributed by atoms with Crippen molar-refractivity contribution in [3.05, 3.63) is 24.0 Å². The zero-order valence-corrected chi connectivity index (χ0v) is 9.23. The molecular weight excluding hydrogens is 211 g/mol. The van der Waals surface area contributed by atoms with Crippen molar-refractivity contribution in [2.75, 3.05) is 26.4 Å². The second-order valence-corrected chi connectivity index (χ2v) is 3.90. The van der Waals surface area contributed by atoms with Crippen molar-refractivity contribution in [3.8, 4) is 0 Å². The van der Waals surface area contributed by atoms with E-state index in [1.807, 2.05) is 19.3 Å². The highest BCUT2D eigenvalue weighted by molar-refractivity contribution is 5.93. The Balaban J connectivity index is 1.84. The lowest BCUT2D eigenvalue weighted by Crippen LogP contribution is -2.55. The summed E-state index contributed by atoms with van der Waals surface area (Å²) < 4.78 is 18.8. The zero-order valence-electron chi connectivity index (χ0n) is 9.23. The highest BCUT2D eigenvalue weighted by atomic mass is 19.1. The Hall–Kier alpha value is -1.36. The molecule has 1 amide bonds. The summed E-state index contributed by atoms with van der Waals surface area (Å²) in [6.07, 6.45) is 1.84. The van der Waals surface area contributed by atoms with E-state index in [-0.39, 0.29) is 18.6 Å². The van der Waals surface area contributed by atoms with Gasteiger partial charge in [-0.25, -0.2) is 4.39 Å². The SMILES string of the molecule is Cn1cccc1C(=O)N1CC(OCCF)C1. The molecule has 0 bridgehead atoms. The van der Waals surface area contributed by atoms with Crippen LogP contribution in [-0.4, -0.2) is 47.8 Å². The number of nitrogens with zero attached hydrogens (tertiary/aromatic N) is 2. The lowest BCUT2D eigenvalue weighted by atomic mass is 10.1. The Labute approximate surface area is 93.6 Å². The number of hydrogen-bond donors (Lipinski definition) is 0. The Morgan fingerprint density at radius 3 is 2.94 bits per heavy atom. The van der Waals surface area contributed by atoms with E-state index in [1.54, 1.807) is 15.5 Å². The minimum Gasteiger partial charge on any atom is -0.372 e. The Morgan fingerprint density at radius 1 is 1.62 bits per heavy atom. The maximum absolute atomic E-state index is 11.9. The van der Waals surface area contributed by atoms with E-state index in [2.05, 4.69) is 0 Å². The van der Waals surface area contributed by atoms with E-state index in [0.717, 1.165) is 0 Å². The van der Waals surface area contributed by atoms with Gasteiger partial charge in [-0.3, -0.25) is 4.79 Å². The van der Waals surface area contributed by atoms with E-state index in [0.29, 0.717) is 18.8 Å². The average molecular weight is 226 g/mol. The van der Waals surface area contributed by atoms with Crippen molar-refractivity contribution in [3.63, 3.8) is 0 Å². The Morgan fingerprint density at radius 2 is 2.38 bits per heavy atom. The highest BCUT2D eigenvalue weighted by Crippen LogP contribution is 2.15. The van der Waals surface area contributed by atoms with E-state index >= 15 is 0 Å². The van der Waals surface area contributed by atoms with Crippen LogP contribution < -0.4 is 0 Å². The molecule has 2 heterocycles. The first-order valence-corrected chi connectivity index (χ1v) is 5.30. The summed E-state index contributed by atoms with van der Waals surface area (Å²) in [6, 6.07) is 3.63. The number of ether oxygens (including phenoxy) is 1. The molecule has 0 atom stereocenters. The first-order chi connectivity index (χ1) is 7.72. The molecule has 4 nitrogen and oxygen atoms in total. The molecule has 0 N–H and O–H groups in total. The van der Waals surface area contributed by atoms with Crippen LogP contribution in [0.3, 0.4) is 0 Å². The molecule has 1 saturated heterocycles. The maximum atomic E-state index is 11.9. The Bertz CT molecular complexity index is 372. The fourth-order valence-electron chi connectivity index (χ4n) is 1.77. The van der Waals surface area contributed by atoms with Crippen LogP contribution in [0.25, 0.3) is 0 Å². The van der Waals surface area contributed by atoms with Gasteiger partial charge in [-0.1, -0.05) is 0 Å². The number of likely N-dealkylation sites (tertiary alicyclic amines) is 1. The zero-order chi connectivity index (χ0) is 11.5. The first-order valence-electron chi connectivity index (χ1n) is 5.30. The molecule has 16 heavy (non-hydrogen) atoms. The number of halogens is 1. The largest absolute Gasteiger partial charge is 0.372 e. The van der Waals surface area contributed by atoms with Gasteiger partial charge in [-0.15, -0.1) is 0 Å². The molecule has 1 aromatic rings. The summed E-state index contributed by atoms with van der Waals surface area (Å²) in [5.41, 5.74) is 0.670. The molecule has 5 heteroatoms. The second-order valence-electron chi connectivity index (χ2n) is 3.90. The number of aryl methyl sites for hydroxylation is 1. The van der Waals surface area contributed by atoms with Gasteiger partial charge >= 0.3 is 0 Å². The summed E-state index contributed by atoms with van der Waals surface area (Å²) in [7, 11) is 1.84. The van der Waals surface area contributed by atoms with Gasteiger partial charge in [0.25, 0.3) is 5.91 Å². The topological polar surface area (TPSA) is 34.5 Å². The van der Waals surface area contributed by atoms with Crippen LogP contribution in [-0.2, 0) is 11.8 Å². The number of rotatable bonds is 4. The smallest absolute Gasteiger partial charge is 0.270 e. The van der Waals surface area contributed by atoms with Gasteiger partial charge in [0.15, 0.2) is 0 Å². The molecule has 0 saturated carbocycles. The molecule has 88 valence electrons. The summed E-state index contributed by atoms with van der Waals surface area (Å²) in [5, 5.41) is 0. The quantitative estimate of drug-likeness (QED) is 0.762. The molecule has 1 aliphatic heterocycles. The molecule has 0 aromatic carbocycles. The molecule has 0 unspecified atom stereocenters. The number of aromatic nitrogens is 1. The van der Waals surface area contributed by atoms with Crippen molar-refractivity contribution < 1.29 is 13.9 Å². The van der Waals surface area contributed by atoms with Crippen molar-refractivity contribution >= 4 is 5.91 Å². The molecule has 1 aromatic heterocycles. The monoisotopic (exact) mass is 226 g/mol. The van der Waals surface area contributed by atoms with Gasteiger partial charge < -0.3 is 14.2 Å². The summed E-state index contributed by atoms with van der Waals surface area (Å²) in [5.74, 6) is 0.00704. The van der Waals surface area contributed by atoms with Crippen LogP contribution in [0.5, 0.6) is 0 Å². The number of alkyl halides is 1. The highest BCUT2D eigenvalue weighted by Gasteiger charge is 2.32. The summed E-state index contributed by atoms with van der Waals surface area (Å²) in [6.45, 7) is 0.771. The van der Waals surface area contributed by atoms with Crippen molar-refractivity contribution in [2.24, 2.45) is 7.05 Å². The van der Waals surface area contributed by atoms with Crippen LogP contribution in [0.4, 0.5) is 4.39 Å². The lowest BCUT2D eigenvalue weighted by molar-refractivity contribution is -0.0459. The van der Waals surface area contributed by atoms with E-state index in [4.69, 9.17) is 4.74 Å². The van der Waals surface area contributed by atoms with Crippen molar-refractivity contribution in [1.29, 1.82) is 0 Å². The molecule has 1 aliphatic rings. The van der Waals surface area contributed by atoms with Gasteiger partial charge in [0.2, 0.25) is 0 Å². The standard InChI is InChI=1S/C11H15FN2O2/c1-13-5-2-3-10(13)11(15)14-7-9(8-14)16-6-4-12/h2-3,5,9H,4,6-8H2,1H3. The fraction of sp³-hybridized carbons (Fsp3) is 0.545. The Kier molecular flexibility index (Phi) is 3.24. The van der Waals surface area contributed by atoms with Crippen LogP contribution in [0.2, 0.25) is 0 Å². The van der Waals surface area contributed by atoms with Crippen LogP contribution in [0.1, 0.15) is 10.5 Å². The molecule has 0 aliphatic carbocycles. The van der Waals surface area contributed by atoms with Gasteiger partial charge in [0.05, 0.1) is 12.7 Å². The lowest BCUT2D eigenvalue weighted by Gasteiger charge is -2.38. The number of carbonyl (C=O) groups excluding carboxylic acids is 1. The number of amides is 1. The van der Waals surface area contributed by atoms with E-state index < -0.39 is 6.67 Å². The van der Waals surface area contributed by atoms with Crippen molar-refractivity contribution in [1.82, 2.24) is 9.47 Å². The van der Waals surface area contributed by atoms with Gasteiger partial charge in [0.1, 0.15) is 12.4 Å². The molecule has 0 radical (unpaired) electrons.